The van der Waals surface area contributed by atoms with Crippen LogP contribution in [0.1, 0.15) is 67.7 Å². The molecular formula is C27H40ClN3O4Si. The number of nitrogens with zero attached hydrogens (tertiary/aromatic N) is 3. The van der Waals surface area contributed by atoms with E-state index in [1.54, 1.807) is 11.6 Å². The van der Waals surface area contributed by atoms with E-state index < -0.39 is 20.4 Å². The van der Waals surface area contributed by atoms with E-state index in [-0.39, 0.29) is 5.04 Å². The predicted octanol–water partition coefficient (Wildman–Crippen LogP) is 6.33. The van der Waals surface area contributed by atoms with Gasteiger partial charge >= 0.3 is 5.97 Å². The molecule has 0 amide bonds. The lowest BCUT2D eigenvalue weighted by Gasteiger charge is -2.36. The molecule has 1 atom stereocenters. The average molecular weight is 534 g/mol. The number of aliphatic hydroxyl groups excluding tert-OH is 1. The normalized spacial score (nSPS) is 13.4. The van der Waals surface area contributed by atoms with Gasteiger partial charge in [-0.05, 0) is 56.5 Å². The van der Waals surface area contributed by atoms with Crippen molar-refractivity contribution >= 4 is 36.8 Å². The average Bonchev–Trinajstić information content (AvgIpc) is 3.23. The Labute approximate surface area is 220 Å². The second kappa shape index (κ2) is 10.3. The lowest BCUT2D eigenvalue weighted by Crippen LogP contribution is -2.41. The summed E-state index contributed by atoms with van der Waals surface area (Å²) >= 11 is 6.80. The number of rotatable bonds is 8. The van der Waals surface area contributed by atoms with Crippen LogP contribution in [0.3, 0.4) is 0 Å². The van der Waals surface area contributed by atoms with Crippen molar-refractivity contribution in [3.63, 3.8) is 0 Å². The van der Waals surface area contributed by atoms with Crippen molar-refractivity contribution in [3.05, 3.63) is 39.8 Å². The van der Waals surface area contributed by atoms with E-state index in [4.69, 9.17) is 20.8 Å². The molecule has 0 spiro atoms. The number of carbonyl (C=O) groups is 1. The lowest BCUT2D eigenvalue weighted by molar-refractivity contribution is 0.0589. The third-order valence-corrected chi connectivity index (χ3v) is 12.5. The molecule has 3 rings (SSSR count). The van der Waals surface area contributed by atoms with Crippen LogP contribution in [0.15, 0.2) is 12.1 Å². The number of carbonyl (C=O) groups excluding carboxylic acids is 1. The summed E-state index contributed by atoms with van der Waals surface area (Å²) in [5.41, 5.74) is 5.21. The standard InChI is InChI=1S/C27H40ClN3O4Si/c1-16-21(23(17(2)32)29-31(16)7)22-20(28)14-13-19-18(25(26(33)34-8)30(6)24(19)22)12-11-15-35-36(9,10)27(3,4)5/h13-14,17,32H,11-12,15H2,1-10H3. The molecule has 0 aliphatic heterocycles. The molecule has 0 fully saturated rings. The monoisotopic (exact) mass is 533 g/mol. The fraction of sp³-hybridized carbons (Fsp3) is 0.556. The van der Waals surface area contributed by atoms with E-state index in [0.29, 0.717) is 29.4 Å². The van der Waals surface area contributed by atoms with Gasteiger partial charge in [-0.3, -0.25) is 4.68 Å². The Kier molecular flexibility index (Phi) is 8.15. The number of benzene rings is 1. The Morgan fingerprint density at radius 3 is 2.42 bits per heavy atom. The molecule has 0 bridgehead atoms. The van der Waals surface area contributed by atoms with Crippen LogP contribution in [0.2, 0.25) is 23.2 Å². The quantitative estimate of drug-likeness (QED) is 0.208. The third-order valence-electron chi connectivity index (χ3n) is 7.63. The van der Waals surface area contributed by atoms with E-state index in [0.717, 1.165) is 39.7 Å². The highest BCUT2D eigenvalue weighted by Gasteiger charge is 2.37. The Balaban J connectivity index is 2.16. The van der Waals surface area contributed by atoms with Crippen molar-refractivity contribution in [1.82, 2.24) is 14.3 Å². The predicted molar refractivity (Wildman–Crippen MR) is 148 cm³/mol. The zero-order valence-corrected chi connectivity index (χ0v) is 25.0. The summed E-state index contributed by atoms with van der Waals surface area (Å²) in [5.74, 6) is -0.394. The molecule has 9 heteroatoms. The molecule has 2 aromatic heterocycles. The topological polar surface area (TPSA) is 78.5 Å². The summed E-state index contributed by atoms with van der Waals surface area (Å²) in [7, 11) is 3.24. The maximum absolute atomic E-state index is 13.0. The molecule has 36 heavy (non-hydrogen) atoms. The summed E-state index contributed by atoms with van der Waals surface area (Å²) in [5, 5.41) is 16.6. The second-order valence-electron chi connectivity index (χ2n) is 11.1. The van der Waals surface area contributed by atoms with E-state index in [1.165, 1.54) is 7.11 Å². The van der Waals surface area contributed by atoms with E-state index >= 15 is 0 Å². The van der Waals surface area contributed by atoms with Crippen LogP contribution < -0.4 is 0 Å². The molecule has 2 heterocycles. The molecule has 1 N–H and O–H groups in total. The minimum absolute atomic E-state index is 0.137. The first kappa shape index (κ1) is 28.4. The Morgan fingerprint density at radius 2 is 1.86 bits per heavy atom. The van der Waals surface area contributed by atoms with Gasteiger partial charge in [0.1, 0.15) is 5.69 Å². The van der Waals surface area contributed by atoms with Crippen molar-refractivity contribution in [1.29, 1.82) is 0 Å². The molecule has 3 aromatic rings. The summed E-state index contributed by atoms with van der Waals surface area (Å²) in [6.45, 7) is 15.4. The number of methoxy groups -OCH3 is 1. The van der Waals surface area contributed by atoms with E-state index in [2.05, 4.69) is 39.0 Å². The van der Waals surface area contributed by atoms with Gasteiger partial charge in [-0.25, -0.2) is 4.79 Å². The minimum Gasteiger partial charge on any atom is -0.464 e. The highest BCUT2D eigenvalue weighted by Crippen LogP contribution is 2.43. The molecule has 0 saturated heterocycles. The number of esters is 1. The van der Waals surface area contributed by atoms with E-state index in [9.17, 15) is 9.90 Å². The lowest BCUT2D eigenvalue weighted by atomic mass is 9.97. The number of ether oxygens (including phenoxy) is 1. The largest absolute Gasteiger partial charge is 0.464 e. The number of fused-ring (bicyclic) bond motifs is 1. The fourth-order valence-electron chi connectivity index (χ4n) is 4.48. The van der Waals surface area contributed by atoms with Crippen molar-refractivity contribution in [2.75, 3.05) is 13.7 Å². The molecule has 1 unspecified atom stereocenters. The fourth-order valence-corrected chi connectivity index (χ4v) is 5.81. The zero-order valence-electron chi connectivity index (χ0n) is 23.2. The van der Waals surface area contributed by atoms with Gasteiger partial charge in [-0.2, -0.15) is 5.10 Å². The van der Waals surface area contributed by atoms with Crippen LogP contribution in [0.5, 0.6) is 0 Å². The SMILES string of the molecule is COC(=O)c1c(CCCO[Si](C)(C)C(C)(C)C)c2ccc(Cl)c(-c3c(C(C)O)nn(C)c3C)c2n1C. The Hall–Kier alpha value is -2.13. The summed E-state index contributed by atoms with van der Waals surface area (Å²) in [4.78, 5) is 13.0. The van der Waals surface area contributed by atoms with Crippen LogP contribution in [0.25, 0.3) is 22.0 Å². The number of hydrogen-bond donors (Lipinski definition) is 1. The van der Waals surface area contributed by atoms with Gasteiger partial charge < -0.3 is 18.8 Å². The van der Waals surface area contributed by atoms with Gasteiger partial charge in [0.25, 0.3) is 0 Å². The van der Waals surface area contributed by atoms with Crippen molar-refractivity contribution < 1.29 is 19.1 Å². The summed E-state index contributed by atoms with van der Waals surface area (Å²) in [6.07, 6.45) is 0.657. The van der Waals surface area contributed by atoms with Crippen LogP contribution in [-0.4, -0.2) is 47.5 Å². The Morgan fingerprint density at radius 1 is 1.22 bits per heavy atom. The molecule has 0 radical (unpaired) electrons. The molecular weight excluding hydrogens is 494 g/mol. The Bertz CT molecular complexity index is 1280. The van der Waals surface area contributed by atoms with Gasteiger partial charge in [0.15, 0.2) is 8.32 Å². The minimum atomic E-state index is -1.86. The van der Waals surface area contributed by atoms with Crippen molar-refractivity contribution in [2.24, 2.45) is 14.1 Å². The van der Waals surface area contributed by atoms with Crippen molar-refractivity contribution in [2.45, 2.75) is 71.7 Å². The number of aliphatic hydroxyl groups is 1. The van der Waals surface area contributed by atoms with Crippen LogP contribution in [-0.2, 0) is 29.7 Å². The first-order valence-electron chi connectivity index (χ1n) is 12.4. The smallest absolute Gasteiger partial charge is 0.354 e. The molecule has 0 aliphatic carbocycles. The molecule has 1 aromatic carbocycles. The van der Waals surface area contributed by atoms with Crippen molar-refractivity contribution in [3.8, 4) is 11.1 Å². The maximum Gasteiger partial charge on any atom is 0.354 e. The van der Waals surface area contributed by atoms with Gasteiger partial charge in [0.05, 0.1) is 29.4 Å². The molecule has 0 aliphatic rings. The molecule has 198 valence electrons. The number of aryl methyl sites for hydroxylation is 3. The van der Waals surface area contributed by atoms with E-state index in [1.807, 2.05) is 37.7 Å². The zero-order chi connectivity index (χ0) is 27.2. The highest BCUT2D eigenvalue weighted by molar-refractivity contribution is 6.74. The first-order chi connectivity index (χ1) is 16.6. The van der Waals surface area contributed by atoms with Gasteiger partial charge in [0.2, 0.25) is 0 Å². The van der Waals surface area contributed by atoms with Crippen LogP contribution in [0.4, 0.5) is 0 Å². The number of aromatic nitrogens is 3. The molecule has 0 saturated carbocycles. The number of hydrogen-bond acceptors (Lipinski definition) is 5. The van der Waals surface area contributed by atoms with Crippen LogP contribution in [0, 0.1) is 6.92 Å². The first-order valence-corrected chi connectivity index (χ1v) is 15.7. The number of halogens is 1. The highest BCUT2D eigenvalue weighted by atomic mass is 35.5. The van der Waals surface area contributed by atoms with Gasteiger partial charge in [-0.15, -0.1) is 0 Å². The summed E-state index contributed by atoms with van der Waals surface area (Å²) in [6, 6.07) is 3.82. The van der Waals surface area contributed by atoms with Crippen LogP contribution >= 0.6 is 11.6 Å². The van der Waals surface area contributed by atoms with Gasteiger partial charge in [0, 0.05) is 42.9 Å². The third kappa shape index (κ3) is 5.01. The maximum atomic E-state index is 13.0. The second-order valence-corrected chi connectivity index (χ2v) is 16.3. The van der Waals surface area contributed by atoms with Gasteiger partial charge in [-0.1, -0.05) is 38.4 Å². The molecule has 7 nitrogen and oxygen atoms in total. The summed E-state index contributed by atoms with van der Waals surface area (Å²) < 4.78 is 15.2.